The summed E-state index contributed by atoms with van der Waals surface area (Å²) in [6.45, 7) is 4.17. The molecule has 0 spiro atoms. The maximum atomic E-state index is 12.8. The van der Waals surface area contributed by atoms with E-state index in [1.807, 2.05) is 0 Å². The second-order valence-electron chi connectivity index (χ2n) is 16.6. The van der Waals surface area contributed by atoms with E-state index in [2.05, 4.69) is 62.5 Å². The fraction of sp³-hybridized carbons (Fsp3) is 0.812. The summed E-state index contributed by atoms with van der Waals surface area (Å²) in [6, 6.07) is 0. The molecule has 1 aliphatic carbocycles. The molecule has 0 radical (unpaired) electrons. The molecular formula is C48H87O12P. The largest absolute Gasteiger partial charge is 0.472 e. The molecule has 0 amide bonds. The van der Waals surface area contributed by atoms with Crippen LogP contribution in [-0.2, 0) is 27.9 Å². The van der Waals surface area contributed by atoms with Crippen molar-refractivity contribution in [1.82, 2.24) is 0 Å². The lowest BCUT2D eigenvalue weighted by Gasteiger charge is -2.41. The summed E-state index contributed by atoms with van der Waals surface area (Å²) in [5, 5.41) is 50.2. The lowest BCUT2D eigenvalue weighted by molar-refractivity contribution is -0.220. The Balaban J connectivity index is 2.37. The first kappa shape index (κ1) is 57.3. The second kappa shape index (κ2) is 38.7. The van der Waals surface area contributed by atoms with Crippen LogP contribution in [-0.4, -0.2) is 98.9 Å². The minimum atomic E-state index is -5.02. The first-order valence-corrected chi connectivity index (χ1v) is 25.5. The maximum Gasteiger partial charge on any atom is 0.472 e. The first-order chi connectivity index (χ1) is 29.5. The molecule has 1 saturated carbocycles. The number of carbonyl (C=O) groups excluding carboxylic acids is 1. The number of rotatable bonds is 40. The lowest BCUT2D eigenvalue weighted by atomic mass is 9.85. The van der Waals surface area contributed by atoms with Gasteiger partial charge in [0, 0.05) is 13.0 Å². The van der Waals surface area contributed by atoms with Gasteiger partial charge in [-0.05, 0) is 70.6 Å². The van der Waals surface area contributed by atoms with Crippen LogP contribution in [0.1, 0.15) is 187 Å². The fourth-order valence-corrected chi connectivity index (χ4v) is 8.02. The highest BCUT2D eigenvalue weighted by molar-refractivity contribution is 7.47. The molecule has 1 aliphatic rings. The molecule has 13 heteroatoms. The topological polar surface area (TPSA) is 192 Å². The third kappa shape index (κ3) is 30.9. The number of hydrogen-bond donors (Lipinski definition) is 6. The van der Waals surface area contributed by atoms with Crippen LogP contribution in [0.15, 0.2) is 48.6 Å². The van der Waals surface area contributed by atoms with Crippen molar-refractivity contribution in [1.29, 1.82) is 0 Å². The lowest BCUT2D eigenvalue weighted by Crippen LogP contribution is -2.64. The molecule has 0 aromatic heterocycles. The Kier molecular flexibility index (Phi) is 36.4. The maximum absolute atomic E-state index is 12.8. The SMILES string of the molecule is CCCC/C=C\C/C=C\CCCCCCCC(=O)OC(COCCCCCCCCCCCC/C=C\C/C=C\CCCCC)COP(=O)(O)OC1C(O)C(O)C(O)C(O)C1O. The van der Waals surface area contributed by atoms with Gasteiger partial charge >= 0.3 is 13.8 Å². The molecule has 0 aromatic rings. The summed E-state index contributed by atoms with van der Waals surface area (Å²) in [6.07, 6.45) is 34.6. The molecule has 12 nitrogen and oxygen atoms in total. The molecule has 0 saturated heterocycles. The summed E-state index contributed by atoms with van der Waals surface area (Å²) >= 11 is 0. The summed E-state index contributed by atoms with van der Waals surface area (Å²) < 4.78 is 34.2. The monoisotopic (exact) mass is 887 g/mol. The Morgan fingerprint density at radius 3 is 1.43 bits per heavy atom. The smallest absolute Gasteiger partial charge is 0.457 e. The number of hydrogen-bond acceptors (Lipinski definition) is 11. The minimum absolute atomic E-state index is 0.0853. The number of aliphatic hydroxyl groups is 5. The Bertz CT molecular complexity index is 1190. The van der Waals surface area contributed by atoms with Crippen molar-refractivity contribution in [2.45, 2.75) is 230 Å². The number of ether oxygens (including phenoxy) is 2. The molecule has 0 heterocycles. The van der Waals surface area contributed by atoms with Crippen LogP contribution in [0.2, 0.25) is 0 Å². The van der Waals surface area contributed by atoms with Crippen LogP contribution in [0, 0.1) is 0 Å². The van der Waals surface area contributed by atoms with Crippen LogP contribution in [0.4, 0.5) is 0 Å². The van der Waals surface area contributed by atoms with Crippen molar-refractivity contribution in [3.63, 3.8) is 0 Å². The van der Waals surface area contributed by atoms with E-state index in [1.165, 1.54) is 83.5 Å². The van der Waals surface area contributed by atoms with E-state index in [0.29, 0.717) is 13.0 Å². The number of phosphoric ester groups is 1. The quantitative estimate of drug-likeness (QED) is 0.0148. The highest BCUT2D eigenvalue weighted by atomic mass is 31.2. The van der Waals surface area contributed by atoms with E-state index in [0.717, 1.165) is 77.0 Å². The van der Waals surface area contributed by atoms with Gasteiger partial charge < -0.3 is 39.9 Å². The van der Waals surface area contributed by atoms with Crippen molar-refractivity contribution in [3.8, 4) is 0 Å². The molecule has 0 aliphatic heterocycles. The normalized spacial score (nSPS) is 22.6. The highest BCUT2D eigenvalue weighted by Gasteiger charge is 2.51. The first-order valence-electron chi connectivity index (χ1n) is 24.0. The summed E-state index contributed by atoms with van der Waals surface area (Å²) in [5.74, 6) is -0.493. The van der Waals surface area contributed by atoms with Crippen LogP contribution >= 0.6 is 7.82 Å². The molecule has 356 valence electrons. The average Bonchev–Trinajstić information content (AvgIpc) is 3.24. The third-order valence-electron chi connectivity index (χ3n) is 10.9. The van der Waals surface area contributed by atoms with Gasteiger partial charge in [0.05, 0.1) is 13.2 Å². The number of esters is 1. The van der Waals surface area contributed by atoms with Gasteiger partial charge in [-0.1, -0.05) is 159 Å². The van der Waals surface area contributed by atoms with Crippen molar-refractivity contribution in [2.75, 3.05) is 19.8 Å². The Labute approximate surface area is 369 Å². The van der Waals surface area contributed by atoms with Crippen LogP contribution in [0.25, 0.3) is 0 Å². The second-order valence-corrected chi connectivity index (χ2v) is 18.0. The van der Waals surface area contributed by atoms with E-state index >= 15 is 0 Å². The molecule has 61 heavy (non-hydrogen) atoms. The number of aliphatic hydroxyl groups excluding tert-OH is 5. The highest BCUT2D eigenvalue weighted by Crippen LogP contribution is 2.47. The van der Waals surface area contributed by atoms with Gasteiger partial charge in [-0.25, -0.2) is 4.57 Å². The summed E-state index contributed by atoms with van der Waals surface area (Å²) in [7, 11) is -5.02. The number of unbranched alkanes of at least 4 members (excludes halogenated alkanes) is 20. The molecule has 0 bridgehead atoms. The van der Waals surface area contributed by atoms with Crippen molar-refractivity contribution in [2.24, 2.45) is 0 Å². The molecule has 6 atom stereocenters. The van der Waals surface area contributed by atoms with Crippen LogP contribution in [0.3, 0.4) is 0 Å². The minimum Gasteiger partial charge on any atom is -0.457 e. The summed E-state index contributed by atoms with van der Waals surface area (Å²) in [5.41, 5.74) is 0. The molecule has 1 fully saturated rings. The summed E-state index contributed by atoms with van der Waals surface area (Å²) in [4.78, 5) is 23.2. The van der Waals surface area contributed by atoms with Gasteiger partial charge in [-0.15, -0.1) is 0 Å². The van der Waals surface area contributed by atoms with Crippen LogP contribution < -0.4 is 0 Å². The number of allylic oxidation sites excluding steroid dienone is 8. The van der Waals surface area contributed by atoms with Gasteiger partial charge in [-0.3, -0.25) is 13.8 Å². The van der Waals surface area contributed by atoms with Gasteiger partial charge in [0.15, 0.2) is 0 Å². The van der Waals surface area contributed by atoms with Crippen molar-refractivity contribution in [3.05, 3.63) is 48.6 Å². The fourth-order valence-electron chi connectivity index (χ4n) is 7.05. The van der Waals surface area contributed by atoms with Gasteiger partial charge in [-0.2, -0.15) is 0 Å². The van der Waals surface area contributed by atoms with Crippen molar-refractivity contribution >= 4 is 13.8 Å². The van der Waals surface area contributed by atoms with E-state index in [4.69, 9.17) is 18.5 Å². The van der Waals surface area contributed by atoms with Crippen molar-refractivity contribution < 1.29 is 58.3 Å². The molecular weight excluding hydrogens is 799 g/mol. The molecule has 1 rings (SSSR count). The van der Waals surface area contributed by atoms with E-state index in [1.54, 1.807) is 0 Å². The Morgan fingerprint density at radius 1 is 0.525 bits per heavy atom. The zero-order valence-electron chi connectivity index (χ0n) is 38.0. The molecule has 6 N–H and O–H groups in total. The third-order valence-corrected chi connectivity index (χ3v) is 11.9. The van der Waals surface area contributed by atoms with Gasteiger partial charge in [0.1, 0.15) is 42.7 Å². The van der Waals surface area contributed by atoms with E-state index in [-0.39, 0.29) is 13.0 Å². The molecule has 6 unspecified atom stereocenters. The standard InChI is InChI=1S/C48H87O12P/c1-3-5-7-9-11-13-15-17-19-20-21-22-23-24-26-28-30-32-34-36-38-57-39-41(40-58-61(55,56)60-48-46(53)44(51)43(50)45(52)47(48)54)59-42(49)37-35-33-31-29-27-25-18-16-14-12-10-8-6-4-2/h10-13,16-19,41,43-48,50-54H,3-9,14-15,20-40H2,1-2H3,(H,55,56)/b12-10-,13-11-,18-16-,19-17-. The van der Waals surface area contributed by atoms with Gasteiger partial charge in [0.25, 0.3) is 0 Å². The number of carbonyl (C=O) groups is 1. The number of phosphoric acid groups is 1. The Morgan fingerprint density at radius 2 is 0.934 bits per heavy atom. The van der Waals surface area contributed by atoms with Crippen LogP contribution in [0.5, 0.6) is 0 Å². The van der Waals surface area contributed by atoms with E-state index in [9.17, 15) is 39.8 Å². The predicted octanol–water partition coefficient (Wildman–Crippen LogP) is 10.0. The average molecular weight is 887 g/mol. The van der Waals surface area contributed by atoms with E-state index < -0.39 is 63.1 Å². The zero-order chi connectivity index (χ0) is 44.8. The zero-order valence-corrected chi connectivity index (χ0v) is 38.8. The predicted molar refractivity (Wildman–Crippen MR) is 244 cm³/mol. The molecule has 0 aromatic carbocycles. The Hall–Kier alpha value is -1.70. The van der Waals surface area contributed by atoms with Gasteiger partial charge in [0.2, 0.25) is 0 Å².